The summed E-state index contributed by atoms with van der Waals surface area (Å²) in [5.74, 6) is -3.78. The van der Waals surface area contributed by atoms with E-state index in [0.29, 0.717) is 11.1 Å². The van der Waals surface area contributed by atoms with E-state index in [1.807, 2.05) is 19.9 Å². The van der Waals surface area contributed by atoms with Gasteiger partial charge in [-0.05, 0) is 38.8 Å². The maximum absolute atomic E-state index is 14.0. The van der Waals surface area contributed by atoms with E-state index >= 15 is 0 Å². The molecule has 0 aliphatic carbocycles. The lowest BCUT2D eigenvalue weighted by molar-refractivity contribution is -0.161. The van der Waals surface area contributed by atoms with Crippen molar-refractivity contribution in [3.63, 3.8) is 0 Å². The van der Waals surface area contributed by atoms with Crippen molar-refractivity contribution < 1.29 is 33.9 Å². The quantitative estimate of drug-likeness (QED) is 0.236. The fourth-order valence-electron chi connectivity index (χ4n) is 6.77. The molecule has 6 rings (SSSR count). The van der Waals surface area contributed by atoms with Crippen LogP contribution in [0, 0.1) is 0 Å². The number of β-lactam (4-membered cyclic amide) rings is 2. The number of aliphatic carboxylic acids is 1. The van der Waals surface area contributed by atoms with Crippen molar-refractivity contribution in [1.29, 1.82) is 0 Å². The van der Waals surface area contributed by atoms with Crippen molar-refractivity contribution in [3.05, 3.63) is 71.8 Å². The lowest BCUT2D eigenvalue weighted by atomic mass is 9.93. The maximum Gasteiger partial charge on any atom is 0.327 e. The number of fused-ring (bicyclic) bond motifs is 2. The molecule has 0 aromatic heterocycles. The number of amides is 5. The summed E-state index contributed by atoms with van der Waals surface area (Å²) in [6.07, 6.45) is 0. The number of hydrogen-bond donors (Lipinski definition) is 5. The van der Waals surface area contributed by atoms with Gasteiger partial charge in [0, 0.05) is 9.49 Å². The Labute approximate surface area is 279 Å². The number of nitrogens with zero attached hydrogens (tertiary/aromatic N) is 2. The zero-order valence-corrected chi connectivity index (χ0v) is 27.7. The van der Waals surface area contributed by atoms with Crippen LogP contribution in [0.25, 0.3) is 0 Å². The van der Waals surface area contributed by atoms with Crippen LogP contribution in [0.2, 0.25) is 0 Å². The van der Waals surface area contributed by atoms with Gasteiger partial charge >= 0.3 is 5.97 Å². The average Bonchev–Trinajstić information content (AvgIpc) is 3.45. The molecule has 47 heavy (non-hydrogen) atoms. The van der Waals surface area contributed by atoms with Crippen molar-refractivity contribution in [1.82, 2.24) is 25.8 Å². The summed E-state index contributed by atoms with van der Waals surface area (Å²) in [7, 11) is 0. The van der Waals surface area contributed by atoms with Gasteiger partial charge in [-0.15, -0.1) is 23.5 Å². The molecule has 2 aromatic carbocycles. The summed E-state index contributed by atoms with van der Waals surface area (Å²) < 4.78 is -1.56. The molecular weight excluding hydrogens is 645 g/mol. The molecule has 4 aliphatic rings. The highest BCUT2D eigenvalue weighted by molar-refractivity contribution is 8.02. The number of thioether (sulfide) groups is 2. The number of rotatable bonds is 9. The maximum atomic E-state index is 14.0. The Bertz CT molecular complexity index is 1640. The molecule has 4 fully saturated rings. The summed E-state index contributed by atoms with van der Waals surface area (Å²) in [6, 6.07) is 11.3. The van der Waals surface area contributed by atoms with E-state index in [0.717, 1.165) is 0 Å². The first-order chi connectivity index (χ1) is 22.1. The van der Waals surface area contributed by atoms with Crippen LogP contribution < -0.4 is 21.7 Å². The first-order valence-corrected chi connectivity index (χ1v) is 16.9. The molecule has 4 saturated heterocycles. The number of hydrogen-bond acceptors (Lipinski definition) is 9. The summed E-state index contributed by atoms with van der Waals surface area (Å²) in [6.45, 7) is 7.12. The highest BCUT2D eigenvalue weighted by atomic mass is 32.2. The van der Waals surface area contributed by atoms with Gasteiger partial charge in [0.15, 0.2) is 0 Å². The zero-order chi connectivity index (χ0) is 34.0. The molecule has 13 nitrogen and oxygen atoms in total. The molecule has 0 radical (unpaired) electrons. The van der Waals surface area contributed by atoms with Crippen molar-refractivity contribution in [2.75, 3.05) is 0 Å². The van der Waals surface area contributed by atoms with Gasteiger partial charge in [0.05, 0.1) is 0 Å². The zero-order valence-electron chi connectivity index (χ0n) is 26.1. The van der Waals surface area contributed by atoms with E-state index in [4.69, 9.17) is 5.73 Å². The van der Waals surface area contributed by atoms with E-state index in [2.05, 4.69) is 16.0 Å². The second kappa shape index (κ2) is 11.9. The molecular formula is C32H36N6O7S2. The molecule has 15 heteroatoms. The molecule has 0 saturated carbocycles. The largest absolute Gasteiger partial charge is 0.480 e. The third kappa shape index (κ3) is 5.53. The third-order valence-corrected chi connectivity index (χ3v) is 12.2. The average molecular weight is 681 g/mol. The van der Waals surface area contributed by atoms with Crippen molar-refractivity contribution in [2.45, 2.75) is 84.2 Å². The Morgan fingerprint density at radius 3 is 1.70 bits per heavy atom. The Morgan fingerprint density at radius 2 is 1.19 bits per heavy atom. The third-order valence-electron chi connectivity index (χ3n) is 9.08. The van der Waals surface area contributed by atoms with E-state index in [1.165, 1.54) is 33.3 Å². The van der Waals surface area contributed by atoms with E-state index < -0.39 is 92.0 Å². The fourth-order valence-corrected chi connectivity index (χ4v) is 10.0. The molecule has 4 aliphatic heterocycles. The number of carboxylic acids is 1. The van der Waals surface area contributed by atoms with Crippen LogP contribution in [0.3, 0.4) is 0 Å². The van der Waals surface area contributed by atoms with Gasteiger partial charge in [0.2, 0.25) is 29.5 Å². The van der Waals surface area contributed by atoms with Crippen LogP contribution in [0.4, 0.5) is 0 Å². The van der Waals surface area contributed by atoms with E-state index in [9.17, 15) is 33.9 Å². The summed E-state index contributed by atoms with van der Waals surface area (Å²) in [5.41, 5.74) is 7.20. The highest BCUT2D eigenvalue weighted by Crippen LogP contribution is 2.52. The minimum absolute atomic E-state index is 0.434. The molecule has 0 bridgehead atoms. The van der Waals surface area contributed by atoms with Crippen LogP contribution in [0.1, 0.15) is 50.9 Å². The molecule has 4 heterocycles. The summed E-state index contributed by atoms with van der Waals surface area (Å²) in [5, 5.41) is 16.9. The van der Waals surface area contributed by atoms with Gasteiger partial charge in [-0.25, -0.2) is 4.79 Å². The number of carboxylic acid groups (broad SMARTS) is 1. The Hall–Kier alpha value is -4.08. The summed E-state index contributed by atoms with van der Waals surface area (Å²) in [4.78, 5) is 81.8. The number of nitrogens with two attached hydrogens (primary N) is 1. The Balaban J connectivity index is 1.16. The lowest BCUT2D eigenvalue weighted by Gasteiger charge is -2.45. The van der Waals surface area contributed by atoms with Crippen LogP contribution in [-0.4, -0.2) is 94.8 Å². The monoisotopic (exact) mass is 680 g/mol. The van der Waals surface area contributed by atoms with Gasteiger partial charge in [-0.2, -0.15) is 0 Å². The molecule has 0 unspecified atom stereocenters. The topological polar surface area (TPSA) is 191 Å². The van der Waals surface area contributed by atoms with Crippen molar-refractivity contribution in [3.8, 4) is 0 Å². The summed E-state index contributed by atoms with van der Waals surface area (Å²) >= 11 is 2.67. The molecule has 6 N–H and O–H groups in total. The molecule has 248 valence electrons. The van der Waals surface area contributed by atoms with Crippen LogP contribution in [0.5, 0.6) is 0 Å². The van der Waals surface area contributed by atoms with Crippen molar-refractivity contribution in [2.24, 2.45) is 5.73 Å². The SMILES string of the molecule is CC1(C)S[C@@H]2[C@H](NC(=O)[C@@H](NC(=O)[C@@H]3N4C(=O)[C@@H](NC(=O)[C@@H](N)c5ccccc5)[C@H]4SC3(C)C)c3ccccc3)C(=O)N2[C@H]1C(=O)O. The molecule has 5 amide bonds. The van der Waals surface area contributed by atoms with Gasteiger partial charge in [0.1, 0.15) is 47.0 Å². The second-order valence-electron chi connectivity index (χ2n) is 13.1. The molecule has 2 aromatic rings. The molecule has 8 atom stereocenters. The van der Waals surface area contributed by atoms with Crippen LogP contribution in [0.15, 0.2) is 60.7 Å². The fraction of sp³-hybridized carbons (Fsp3) is 0.438. The number of carbonyl (C=O) groups is 6. The number of nitrogens with one attached hydrogen (secondary N) is 3. The van der Waals surface area contributed by atoms with Gasteiger partial charge in [-0.3, -0.25) is 24.0 Å². The first kappa shape index (κ1) is 32.8. The minimum atomic E-state index is -1.21. The van der Waals surface area contributed by atoms with E-state index in [-0.39, 0.29) is 0 Å². The number of carbonyl (C=O) groups excluding carboxylic acids is 5. The number of benzene rings is 2. The lowest BCUT2D eigenvalue weighted by Crippen LogP contribution is -2.72. The van der Waals surface area contributed by atoms with Gasteiger partial charge in [0.25, 0.3) is 0 Å². The predicted molar refractivity (Wildman–Crippen MR) is 174 cm³/mol. The van der Waals surface area contributed by atoms with Gasteiger partial charge in [-0.1, -0.05) is 60.7 Å². The predicted octanol–water partition coefficient (Wildman–Crippen LogP) is 0.723. The van der Waals surface area contributed by atoms with Crippen LogP contribution >= 0.6 is 23.5 Å². The Kier molecular flexibility index (Phi) is 8.29. The standard InChI is InChI=1S/C32H36N6O7S2/c1-31(2)21(37-26(42)19(28(37)46-31)35-23(39)17(33)15-11-7-5-8-12-15)25(41)34-18(16-13-9-6-10-14-16)24(40)36-20-27(43)38-22(30(44)45)32(3,4)47-29(20)38/h5-14,17-22,28-29H,33H2,1-4H3,(H,34,41)(H,35,39)(H,36,40)(H,44,45)/t17-,18-,19+,20+,21-,22-,28+,29+/m0/s1. The highest BCUT2D eigenvalue weighted by Gasteiger charge is 2.65. The second-order valence-corrected chi connectivity index (χ2v) is 16.6. The van der Waals surface area contributed by atoms with E-state index in [1.54, 1.807) is 68.4 Å². The first-order valence-electron chi connectivity index (χ1n) is 15.1. The molecule has 0 spiro atoms. The van der Waals surface area contributed by atoms with Gasteiger partial charge < -0.3 is 36.6 Å². The van der Waals surface area contributed by atoms with Crippen LogP contribution in [-0.2, 0) is 28.8 Å². The minimum Gasteiger partial charge on any atom is -0.480 e. The Morgan fingerprint density at radius 1 is 0.745 bits per heavy atom. The normalized spacial score (nSPS) is 29.4. The van der Waals surface area contributed by atoms with Crippen molar-refractivity contribution >= 4 is 59.0 Å². The smallest absolute Gasteiger partial charge is 0.327 e.